The van der Waals surface area contributed by atoms with E-state index in [1.165, 1.54) is 103 Å². The molecule has 0 saturated heterocycles. The lowest BCUT2D eigenvalue weighted by molar-refractivity contribution is -0.157. The number of allylic oxidation sites excluding steroid dienone is 8. The van der Waals surface area contributed by atoms with Gasteiger partial charge in [0.2, 0.25) is 0 Å². The minimum absolute atomic E-state index is 0. The van der Waals surface area contributed by atoms with E-state index in [1.807, 2.05) is 20.8 Å². The van der Waals surface area contributed by atoms with Crippen molar-refractivity contribution >= 4 is 12.3 Å². The molecule has 0 spiro atoms. The molecule has 1 unspecified atom stereocenters. The summed E-state index contributed by atoms with van der Waals surface area (Å²) in [6.07, 6.45) is 47.1. The van der Waals surface area contributed by atoms with Gasteiger partial charge in [0.25, 0.3) is 0 Å². The van der Waals surface area contributed by atoms with Crippen molar-refractivity contribution in [1.29, 1.82) is 0 Å². The molecular formula is C43H80O4. The fourth-order valence-electron chi connectivity index (χ4n) is 4.91. The van der Waals surface area contributed by atoms with Gasteiger partial charge in [0.15, 0.2) is 0 Å². The number of hydrogen-bond acceptors (Lipinski definition) is 4. The van der Waals surface area contributed by atoms with Gasteiger partial charge >= 0.3 is 5.97 Å². The molecular weight excluding hydrogens is 580 g/mol. The molecule has 0 aromatic heterocycles. The summed E-state index contributed by atoms with van der Waals surface area (Å²) in [6.45, 7) is 10.0. The average Bonchev–Trinajstić information content (AvgIpc) is 3.00. The van der Waals surface area contributed by atoms with Crippen LogP contribution in [0.15, 0.2) is 48.6 Å². The summed E-state index contributed by atoms with van der Waals surface area (Å²) in [5, 5.41) is 9.90. The van der Waals surface area contributed by atoms with Crippen LogP contribution in [0.2, 0.25) is 0 Å². The number of unbranched alkanes of at least 4 members (excludes halogenated alkanes) is 17. The van der Waals surface area contributed by atoms with E-state index in [0.29, 0.717) is 6.42 Å². The van der Waals surface area contributed by atoms with Crippen LogP contribution in [0.3, 0.4) is 0 Å². The number of aldehydes is 1. The fourth-order valence-corrected chi connectivity index (χ4v) is 4.91. The second-order valence-electron chi connectivity index (χ2n) is 13.6. The maximum absolute atomic E-state index is 11.6. The van der Waals surface area contributed by atoms with Gasteiger partial charge < -0.3 is 14.6 Å². The highest BCUT2D eigenvalue weighted by molar-refractivity contribution is 5.70. The average molecular weight is 661 g/mol. The van der Waals surface area contributed by atoms with E-state index in [-0.39, 0.29) is 19.8 Å². The smallest absolute Gasteiger partial charge is 0.308 e. The number of rotatable bonds is 30. The quantitative estimate of drug-likeness (QED) is 0.0360. The van der Waals surface area contributed by atoms with Gasteiger partial charge in [0.05, 0.1) is 12.5 Å². The first-order valence-corrected chi connectivity index (χ1v) is 19.2. The van der Waals surface area contributed by atoms with E-state index in [9.17, 15) is 14.7 Å². The summed E-state index contributed by atoms with van der Waals surface area (Å²) < 4.78 is 5.23. The van der Waals surface area contributed by atoms with Crippen LogP contribution in [0.5, 0.6) is 0 Å². The lowest BCUT2D eigenvalue weighted by atomic mass is 10.1. The lowest BCUT2D eigenvalue weighted by Crippen LogP contribution is -2.26. The summed E-state index contributed by atoms with van der Waals surface area (Å²) in [6, 6.07) is 0. The lowest BCUT2D eigenvalue weighted by Gasteiger charge is -2.20. The highest BCUT2D eigenvalue weighted by Gasteiger charge is 2.18. The monoisotopic (exact) mass is 661 g/mol. The van der Waals surface area contributed by atoms with E-state index in [4.69, 9.17) is 4.74 Å². The molecule has 1 atom stereocenters. The van der Waals surface area contributed by atoms with Crippen LogP contribution < -0.4 is 0 Å². The molecule has 0 aliphatic carbocycles. The molecule has 0 heterocycles. The predicted octanol–water partition coefficient (Wildman–Crippen LogP) is 13.5. The number of aliphatic hydroxyl groups is 1. The molecule has 276 valence electrons. The van der Waals surface area contributed by atoms with Crippen molar-refractivity contribution in [2.75, 3.05) is 0 Å². The third-order valence-electron chi connectivity index (χ3n) is 7.58. The van der Waals surface area contributed by atoms with Crippen LogP contribution in [0, 0.1) is 0 Å². The van der Waals surface area contributed by atoms with Gasteiger partial charge in [0.1, 0.15) is 11.9 Å². The predicted molar refractivity (Wildman–Crippen MR) is 208 cm³/mol. The Morgan fingerprint density at radius 1 is 0.574 bits per heavy atom. The summed E-state index contributed by atoms with van der Waals surface area (Å²) in [5.74, 6) is -0.308. The minimum atomic E-state index is -0.571. The summed E-state index contributed by atoms with van der Waals surface area (Å²) in [5.41, 5.74) is -0.476. The van der Waals surface area contributed by atoms with Crippen molar-refractivity contribution in [3.8, 4) is 0 Å². The molecule has 0 saturated carbocycles. The zero-order chi connectivity index (χ0) is 34.4. The highest BCUT2D eigenvalue weighted by atomic mass is 16.6. The molecule has 0 amide bonds. The Balaban J connectivity index is -0.000000855. The van der Waals surface area contributed by atoms with Crippen molar-refractivity contribution in [2.45, 2.75) is 214 Å². The zero-order valence-corrected chi connectivity index (χ0v) is 31.1. The van der Waals surface area contributed by atoms with Crippen LogP contribution in [-0.4, -0.2) is 29.1 Å². The SMILES string of the molecule is C.CCCCC/C=C\C/C=C\CCCCCCCC(O)CC(=O)OC(C)(C)C.CCCCC/C=C\C/C=C\CCCCCCCC=O. The number of hydrogen-bond donors (Lipinski definition) is 1. The number of carbonyl (C=O) groups is 2. The normalized spacial score (nSPS) is 12.5. The first-order valence-electron chi connectivity index (χ1n) is 19.2. The summed E-state index contributed by atoms with van der Waals surface area (Å²) in [4.78, 5) is 21.8. The molecule has 0 aliphatic heterocycles. The Labute approximate surface area is 294 Å². The van der Waals surface area contributed by atoms with Gasteiger partial charge in [-0.1, -0.05) is 141 Å². The summed E-state index contributed by atoms with van der Waals surface area (Å²) in [7, 11) is 0. The number of esters is 1. The summed E-state index contributed by atoms with van der Waals surface area (Å²) >= 11 is 0. The van der Waals surface area contributed by atoms with Gasteiger partial charge in [-0.15, -0.1) is 0 Å². The van der Waals surface area contributed by atoms with E-state index >= 15 is 0 Å². The van der Waals surface area contributed by atoms with Crippen LogP contribution in [0.4, 0.5) is 0 Å². The van der Waals surface area contributed by atoms with Crippen LogP contribution in [0.25, 0.3) is 0 Å². The largest absolute Gasteiger partial charge is 0.460 e. The molecule has 0 radical (unpaired) electrons. The van der Waals surface area contributed by atoms with Gasteiger partial charge in [-0.25, -0.2) is 0 Å². The Kier molecular flexibility index (Phi) is 42.3. The van der Waals surface area contributed by atoms with E-state index in [0.717, 1.165) is 51.2 Å². The van der Waals surface area contributed by atoms with Gasteiger partial charge in [-0.05, 0) is 97.8 Å². The molecule has 0 bridgehead atoms. The number of carbonyl (C=O) groups excluding carboxylic acids is 2. The molecule has 1 N–H and O–H groups in total. The van der Waals surface area contributed by atoms with Crippen LogP contribution in [-0.2, 0) is 14.3 Å². The van der Waals surface area contributed by atoms with E-state index in [2.05, 4.69) is 62.5 Å². The fraction of sp³-hybridized carbons (Fsp3) is 0.767. The Hall–Kier alpha value is -1.94. The Morgan fingerprint density at radius 2 is 0.936 bits per heavy atom. The third-order valence-corrected chi connectivity index (χ3v) is 7.58. The molecule has 4 heteroatoms. The topological polar surface area (TPSA) is 63.6 Å². The maximum atomic E-state index is 11.6. The standard InChI is InChI=1S/C24H44O3.C18H32O.CH4/c1-5-6-7-8-9-10-11-12-13-14-15-16-17-18-19-20-22(25)21-23(26)27-24(2,3)4;1-2-3-4-5-6-7-8-9-10-11-12-13-14-15-16-17-18-19;/h9-10,12-13,22,25H,5-8,11,14-21H2,1-4H3;6-7,9-10,18H,2-5,8,11-17H2,1H3;1H4/b10-9-,13-12-;7-6-,10-9-;. The van der Waals surface area contributed by atoms with E-state index in [1.54, 1.807) is 0 Å². The second-order valence-corrected chi connectivity index (χ2v) is 13.6. The van der Waals surface area contributed by atoms with Gasteiger partial charge in [-0.3, -0.25) is 4.79 Å². The van der Waals surface area contributed by atoms with Crippen molar-refractivity contribution in [2.24, 2.45) is 0 Å². The highest BCUT2D eigenvalue weighted by Crippen LogP contribution is 2.14. The molecule has 0 aromatic rings. The van der Waals surface area contributed by atoms with Crippen LogP contribution in [0.1, 0.15) is 203 Å². The molecule has 0 fully saturated rings. The van der Waals surface area contributed by atoms with Crippen molar-refractivity contribution in [3.63, 3.8) is 0 Å². The molecule has 47 heavy (non-hydrogen) atoms. The minimum Gasteiger partial charge on any atom is -0.460 e. The van der Waals surface area contributed by atoms with Crippen molar-refractivity contribution < 1.29 is 19.4 Å². The van der Waals surface area contributed by atoms with Crippen LogP contribution >= 0.6 is 0 Å². The molecule has 4 nitrogen and oxygen atoms in total. The van der Waals surface area contributed by atoms with E-state index < -0.39 is 11.7 Å². The Morgan fingerprint density at radius 3 is 1.32 bits per heavy atom. The first kappa shape index (κ1) is 49.4. The second kappa shape index (κ2) is 40.2. The third kappa shape index (κ3) is 48.6. The maximum Gasteiger partial charge on any atom is 0.308 e. The van der Waals surface area contributed by atoms with Gasteiger partial charge in [0, 0.05) is 6.42 Å². The number of aliphatic hydroxyl groups excluding tert-OH is 1. The molecule has 0 rings (SSSR count). The Bertz CT molecular complexity index is 756. The zero-order valence-electron chi connectivity index (χ0n) is 31.1. The van der Waals surface area contributed by atoms with Gasteiger partial charge in [-0.2, -0.15) is 0 Å². The molecule has 0 aliphatic rings. The van der Waals surface area contributed by atoms with Crippen molar-refractivity contribution in [3.05, 3.63) is 48.6 Å². The molecule has 0 aromatic carbocycles. The van der Waals surface area contributed by atoms with Crippen molar-refractivity contribution in [1.82, 2.24) is 0 Å². The first-order chi connectivity index (χ1) is 22.3. The number of ether oxygens (including phenoxy) is 1.